The smallest absolute Gasteiger partial charge is 0.118 e. The van der Waals surface area contributed by atoms with Crippen LogP contribution in [0.3, 0.4) is 0 Å². The van der Waals surface area contributed by atoms with Crippen LogP contribution in [0.15, 0.2) is 170 Å². The van der Waals surface area contributed by atoms with Gasteiger partial charge in [-0.15, -0.1) is 0 Å². The lowest BCUT2D eigenvalue weighted by atomic mass is 9.93. The van der Waals surface area contributed by atoms with Gasteiger partial charge in [0.15, 0.2) is 0 Å². The molecule has 1 aromatic heterocycles. The zero-order chi connectivity index (χ0) is 31.2. The van der Waals surface area contributed by atoms with E-state index in [1.807, 2.05) is 0 Å². The van der Waals surface area contributed by atoms with Crippen LogP contribution in [0.4, 0.5) is 0 Å². The summed E-state index contributed by atoms with van der Waals surface area (Å²) in [6.45, 7) is 0.727. The largest absolute Gasteiger partial charge is 0.304 e. The van der Waals surface area contributed by atoms with Gasteiger partial charge in [-0.2, -0.15) is 0 Å². The molecule has 0 aliphatic rings. The summed E-state index contributed by atoms with van der Waals surface area (Å²) in [5.41, 5.74) is 11.2. The van der Waals surface area contributed by atoms with E-state index in [4.69, 9.17) is 0 Å². The molecule has 0 fully saturated rings. The molecule has 3 nitrogen and oxygen atoms in total. The van der Waals surface area contributed by atoms with E-state index in [1.165, 1.54) is 70.9 Å². The first-order valence-electron chi connectivity index (χ1n) is 16.3. The van der Waals surface area contributed by atoms with E-state index in [9.17, 15) is 0 Å². The first kappa shape index (κ1) is 27.4. The molecular weight excluding hydrogens is 571 g/mol. The molecule has 3 heteroatoms. The van der Waals surface area contributed by atoms with Crippen molar-refractivity contribution in [3.63, 3.8) is 0 Å². The van der Waals surface area contributed by atoms with Gasteiger partial charge in [0.25, 0.3) is 0 Å². The van der Waals surface area contributed by atoms with Gasteiger partial charge in [-0.3, -0.25) is 9.99 Å². The van der Waals surface area contributed by atoms with Gasteiger partial charge in [0, 0.05) is 28.1 Å². The maximum absolute atomic E-state index is 4.00. The maximum atomic E-state index is 4.00. The molecule has 1 unspecified atom stereocenters. The molecule has 0 radical (unpaired) electrons. The highest BCUT2D eigenvalue weighted by atomic mass is 15.5. The van der Waals surface area contributed by atoms with Gasteiger partial charge < -0.3 is 5.43 Å². The van der Waals surface area contributed by atoms with Crippen LogP contribution in [0.2, 0.25) is 0 Å². The highest BCUT2D eigenvalue weighted by molar-refractivity contribution is 6.36. The van der Waals surface area contributed by atoms with Crippen LogP contribution in [-0.4, -0.2) is 4.68 Å². The molecule has 0 spiro atoms. The zero-order valence-corrected chi connectivity index (χ0v) is 25.9. The summed E-state index contributed by atoms with van der Waals surface area (Å²) in [5.74, 6) is 0. The van der Waals surface area contributed by atoms with Crippen molar-refractivity contribution in [3.8, 4) is 11.1 Å². The van der Waals surface area contributed by atoms with Crippen molar-refractivity contribution in [2.24, 2.45) is 0 Å². The van der Waals surface area contributed by atoms with Gasteiger partial charge in [0.2, 0.25) is 0 Å². The lowest BCUT2D eigenvalue weighted by Crippen LogP contribution is -2.32. The van der Waals surface area contributed by atoms with Crippen molar-refractivity contribution >= 4 is 54.1 Å². The molecule has 224 valence electrons. The van der Waals surface area contributed by atoms with Gasteiger partial charge >= 0.3 is 0 Å². The van der Waals surface area contributed by atoms with Crippen molar-refractivity contribution in [3.05, 3.63) is 181 Å². The monoisotopic (exact) mass is 603 g/mol. The fraction of sp³-hybridized carbons (Fsp3) is 0.0455. The van der Waals surface area contributed by atoms with Crippen LogP contribution < -0.4 is 10.7 Å². The van der Waals surface area contributed by atoms with Crippen LogP contribution in [0.25, 0.3) is 65.3 Å². The summed E-state index contributed by atoms with van der Waals surface area (Å²) < 4.78 is 2.34. The SMILES string of the molecule is c1ccc(CNC(Nn2c3ccccc3c3c4c5ccccc5ccc4c4ccccc4c32)c2ccc(-c3ccccc3)cc2)cc1. The van der Waals surface area contributed by atoms with E-state index in [0.29, 0.717) is 0 Å². The molecule has 0 amide bonds. The Kier molecular flexibility index (Phi) is 6.69. The molecule has 47 heavy (non-hydrogen) atoms. The average molecular weight is 604 g/mol. The van der Waals surface area contributed by atoms with Gasteiger partial charge in [0.05, 0.1) is 11.0 Å². The van der Waals surface area contributed by atoms with Crippen LogP contribution in [-0.2, 0) is 6.54 Å². The minimum atomic E-state index is -0.166. The quantitative estimate of drug-likeness (QED) is 0.140. The number of nitrogens with zero attached hydrogens (tertiary/aromatic N) is 1. The molecule has 9 rings (SSSR count). The summed E-state index contributed by atoms with van der Waals surface area (Å²) >= 11 is 0. The maximum Gasteiger partial charge on any atom is 0.118 e. The minimum Gasteiger partial charge on any atom is -0.304 e. The fourth-order valence-electron chi connectivity index (χ4n) is 7.25. The highest BCUT2D eigenvalue weighted by Crippen LogP contribution is 2.43. The second-order valence-electron chi connectivity index (χ2n) is 12.2. The number of para-hydroxylation sites is 1. The molecule has 0 bridgehead atoms. The lowest BCUT2D eigenvalue weighted by Gasteiger charge is -2.25. The summed E-state index contributed by atoms with van der Waals surface area (Å²) in [5, 5.41) is 14.0. The second-order valence-corrected chi connectivity index (χ2v) is 12.2. The van der Waals surface area contributed by atoms with Crippen LogP contribution in [0.5, 0.6) is 0 Å². The van der Waals surface area contributed by atoms with Gasteiger partial charge in [0.1, 0.15) is 6.17 Å². The van der Waals surface area contributed by atoms with Crippen molar-refractivity contribution < 1.29 is 0 Å². The molecule has 8 aromatic carbocycles. The lowest BCUT2D eigenvalue weighted by molar-refractivity contribution is 0.546. The molecule has 9 aromatic rings. The van der Waals surface area contributed by atoms with Crippen molar-refractivity contribution in [2.45, 2.75) is 12.7 Å². The van der Waals surface area contributed by atoms with E-state index >= 15 is 0 Å². The van der Waals surface area contributed by atoms with E-state index in [-0.39, 0.29) is 6.17 Å². The number of hydrogen-bond donors (Lipinski definition) is 2. The molecule has 0 aliphatic heterocycles. The van der Waals surface area contributed by atoms with Gasteiger partial charge in [-0.05, 0) is 49.9 Å². The van der Waals surface area contributed by atoms with Crippen molar-refractivity contribution in [1.29, 1.82) is 0 Å². The number of fused-ring (bicyclic) bond motifs is 10. The first-order chi connectivity index (χ1) is 23.3. The van der Waals surface area contributed by atoms with E-state index < -0.39 is 0 Å². The number of aromatic nitrogens is 1. The van der Waals surface area contributed by atoms with Crippen molar-refractivity contribution in [2.75, 3.05) is 5.43 Å². The second kappa shape index (κ2) is 11.5. The Morgan fingerprint density at radius 3 is 1.85 bits per heavy atom. The standard InChI is InChI=1S/C44H33N3/c1-3-13-30(14-4-1)29-45-44(34-25-23-32(24-26-34)31-15-5-2-6-16-31)46-47-40-22-12-11-21-39(40)42-41-35-18-8-7-17-33(35)27-28-37(41)36-19-9-10-20-38(36)43(42)47/h1-28,44-46H,29H2. The normalized spacial score (nSPS) is 12.3. The van der Waals surface area contributed by atoms with Crippen LogP contribution in [0, 0.1) is 0 Å². The molecule has 2 N–H and O–H groups in total. The molecular formula is C44H33N3. The Balaban J connectivity index is 1.27. The third kappa shape index (κ3) is 4.72. The molecule has 1 atom stereocenters. The minimum absolute atomic E-state index is 0.166. The van der Waals surface area contributed by atoms with Crippen LogP contribution >= 0.6 is 0 Å². The van der Waals surface area contributed by atoms with E-state index in [0.717, 1.165) is 12.1 Å². The molecule has 0 saturated heterocycles. The Labute approximate surface area is 273 Å². The summed E-state index contributed by atoms with van der Waals surface area (Å²) in [6.07, 6.45) is -0.166. The average Bonchev–Trinajstić information content (AvgIpc) is 3.48. The Hall–Kier alpha value is -5.90. The molecule has 0 aliphatic carbocycles. The number of nitrogens with one attached hydrogen (secondary N) is 2. The number of benzene rings is 8. The summed E-state index contributed by atoms with van der Waals surface area (Å²) in [6, 6.07) is 61.1. The van der Waals surface area contributed by atoms with Gasteiger partial charge in [-0.1, -0.05) is 164 Å². The third-order valence-electron chi connectivity index (χ3n) is 9.49. The predicted octanol–water partition coefficient (Wildman–Crippen LogP) is 11.0. The number of rotatable bonds is 7. The topological polar surface area (TPSA) is 29.0 Å². The fourth-order valence-corrected chi connectivity index (χ4v) is 7.25. The molecule has 1 heterocycles. The highest BCUT2D eigenvalue weighted by Gasteiger charge is 2.21. The summed E-state index contributed by atoms with van der Waals surface area (Å²) in [4.78, 5) is 0. The predicted molar refractivity (Wildman–Crippen MR) is 199 cm³/mol. The Morgan fingerprint density at radius 2 is 1.06 bits per heavy atom. The Morgan fingerprint density at radius 1 is 0.447 bits per heavy atom. The summed E-state index contributed by atoms with van der Waals surface area (Å²) in [7, 11) is 0. The molecule has 0 saturated carbocycles. The van der Waals surface area contributed by atoms with Crippen LogP contribution in [0.1, 0.15) is 17.3 Å². The third-order valence-corrected chi connectivity index (χ3v) is 9.49. The zero-order valence-electron chi connectivity index (χ0n) is 25.9. The van der Waals surface area contributed by atoms with Gasteiger partial charge in [-0.25, -0.2) is 0 Å². The van der Waals surface area contributed by atoms with Crippen molar-refractivity contribution in [1.82, 2.24) is 9.99 Å². The Bertz CT molecular complexity index is 2530. The first-order valence-corrected chi connectivity index (χ1v) is 16.3. The number of hydrogen-bond acceptors (Lipinski definition) is 2. The van der Waals surface area contributed by atoms with E-state index in [2.05, 4.69) is 185 Å². The van der Waals surface area contributed by atoms with E-state index in [1.54, 1.807) is 0 Å².